The molecule has 3 aromatic rings. The number of halogens is 2. The van der Waals surface area contributed by atoms with Gasteiger partial charge < -0.3 is 10.1 Å². The number of hydrogen-bond acceptors (Lipinski definition) is 4. The number of aromatic amines is 1. The van der Waals surface area contributed by atoms with Crippen molar-refractivity contribution in [3.63, 3.8) is 0 Å². The molecule has 0 bridgehead atoms. The fraction of sp³-hybridized carbons (Fsp3) is 0.0625. The highest BCUT2D eigenvalue weighted by Gasteiger charge is 2.19. The lowest BCUT2D eigenvalue weighted by Gasteiger charge is -2.00. The molecule has 0 aliphatic heterocycles. The van der Waals surface area contributed by atoms with Crippen LogP contribution in [0.1, 0.15) is 26.6 Å². The molecule has 0 saturated carbocycles. The van der Waals surface area contributed by atoms with Crippen LogP contribution in [0.15, 0.2) is 29.1 Å². The maximum absolute atomic E-state index is 12.3. The molecule has 0 radical (unpaired) electrons. The molecular formula is C16H10Cl2N2O3S. The van der Waals surface area contributed by atoms with E-state index in [2.05, 4.69) is 9.97 Å². The molecule has 2 heterocycles. The van der Waals surface area contributed by atoms with Gasteiger partial charge >= 0.3 is 5.97 Å². The molecule has 3 rings (SSSR count). The molecule has 0 fully saturated rings. The van der Waals surface area contributed by atoms with Crippen LogP contribution in [0.5, 0.6) is 0 Å². The van der Waals surface area contributed by atoms with Crippen LogP contribution >= 0.6 is 34.5 Å². The zero-order chi connectivity index (χ0) is 17.4. The molecule has 2 aromatic heterocycles. The predicted octanol–water partition coefficient (Wildman–Crippen LogP) is 4.38. The molecule has 1 aromatic carbocycles. The van der Waals surface area contributed by atoms with Crippen LogP contribution in [-0.2, 0) is 0 Å². The van der Waals surface area contributed by atoms with Gasteiger partial charge in [-0.25, -0.2) is 9.78 Å². The van der Waals surface area contributed by atoms with Gasteiger partial charge in [-0.15, -0.1) is 11.3 Å². The van der Waals surface area contributed by atoms with Crippen LogP contribution in [0.4, 0.5) is 0 Å². The molecule has 0 saturated heterocycles. The highest BCUT2D eigenvalue weighted by atomic mass is 35.5. The first-order chi connectivity index (χ1) is 11.4. The second-order valence-corrected chi connectivity index (χ2v) is 6.84. The zero-order valence-corrected chi connectivity index (χ0v) is 14.6. The normalized spacial score (nSPS) is 11.9. The Balaban J connectivity index is 2.11. The summed E-state index contributed by atoms with van der Waals surface area (Å²) in [7, 11) is 0. The summed E-state index contributed by atoms with van der Waals surface area (Å²) in [5.74, 6) is -0.901. The average molecular weight is 381 g/mol. The first-order valence-corrected chi connectivity index (χ1v) is 8.34. The number of carbonyl (C=O) groups is 1. The van der Waals surface area contributed by atoms with Crippen LogP contribution in [-0.4, -0.2) is 21.0 Å². The number of nitrogens with zero attached hydrogens (tertiary/aromatic N) is 1. The minimum absolute atomic E-state index is 0.0953. The number of hydrogen-bond donors (Lipinski definition) is 2. The standard InChI is InChI=1S/C16H10Cl2N2O3S/c1-7-11-14(21)19-13(20-15(11)24-12(7)16(22)23)10(18)6-8-2-4-9(17)5-3-8/h2-6H,1H3,(H,22,23)(H,19,20,21)/b10-6-. The van der Waals surface area contributed by atoms with E-state index in [0.29, 0.717) is 15.4 Å². The van der Waals surface area contributed by atoms with Gasteiger partial charge in [0.1, 0.15) is 9.71 Å². The summed E-state index contributed by atoms with van der Waals surface area (Å²) >= 11 is 13.0. The lowest BCUT2D eigenvalue weighted by atomic mass is 10.2. The summed E-state index contributed by atoms with van der Waals surface area (Å²) < 4.78 is 0. The van der Waals surface area contributed by atoms with E-state index in [1.165, 1.54) is 0 Å². The van der Waals surface area contributed by atoms with Crippen LogP contribution in [0.3, 0.4) is 0 Å². The monoisotopic (exact) mass is 380 g/mol. The van der Waals surface area contributed by atoms with Gasteiger partial charge in [-0.05, 0) is 36.3 Å². The van der Waals surface area contributed by atoms with Crippen molar-refractivity contribution < 1.29 is 9.90 Å². The lowest BCUT2D eigenvalue weighted by Crippen LogP contribution is -2.10. The van der Waals surface area contributed by atoms with E-state index in [9.17, 15) is 14.7 Å². The number of aryl methyl sites for hydroxylation is 1. The van der Waals surface area contributed by atoms with Crippen molar-refractivity contribution in [2.45, 2.75) is 6.92 Å². The Morgan fingerprint density at radius 1 is 1.33 bits per heavy atom. The number of carboxylic acids is 1. The van der Waals surface area contributed by atoms with E-state index < -0.39 is 11.5 Å². The van der Waals surface area contributed by atoms with Crippen molar-refractivity contribution in [2.24, 2.45) is 0 Å². The van der Waals surface area contributed by atoms with Crippen molar-refractivity contribution in [3.05, 3.63) is 61.5 Å². The van der Waals surface area contributed by atoms with E-state index in [0.717, 1.165) is 16.9 Å². The quantitative estimate of drug-likeness (QED) is 0.705. The number of rotatable bonds is 3. The van der Waals surface area contributed by atoms with Gasteiger partial charge in [0, 0.05) is 5.02 Å². The second kappa shape index (κ2) is 6.39. The van der Waals surface area contributed by atoms with E-state index in [-0.39, 0.29) is 21.1 Å². The first-order valence-electron chi connectivity index (χ1n) is 6.76. The largest absolute Gasteiger partial charge is 0.477 e. The van der Waals surface area contributed by atoms with Gasteiger partial charge in [-0.2, -0.15) is 0 Å². The Morgan fingerprint density at radius 2 is 2.00 bits per heavy atom. The minimum Gasteiger partial charge on any atom is -0.477 e. The molecule has 5 nitrogen and oxygen atoms in total. The number of fused-ring (bicyclic) bond motifs is 1. The number of carboxylic acid groups (broad SMARTS) is 1. The van der Waals surface area contributed by atoms with Gasteiger partial charge in [-0.1, -0.05) is 35.3 Å². The molecular weight excluding hydrogens is 371 g/mol. The maximum Gasteiger partial charge on any atom is 0.346 e. The lowest BCUT2D eigenvalue weighted by molar-refractivity contribution is 0.0701. The number of nitrogens with one attached hydrogen (secondary N) is 1. The third-order valence-electron chi connectivity index (χ3n) is 3.38. The molecule has 0 unspecified atom stereocenters. The SMILES string of the molecule is Cc1c(C(=O)O)sc2nc(/C(Cl)=C/c3ccc(Cl)cc3)[nH]c(=O)c12. The first kappa shape index (κ1) is 16.7. The van der Waals surface area contributed by atoms with Gasteiger partial charge in [0.2, 0.25) is 0 Å². The Bertz CT molecular complexity index is 1040. The summed E-state index contributed by atoms with van der Waals surface area (Å²) in [6.45, 7) is 1.59. The molecule has 2 N–H and O–H groups in total. The number of aromatic nitrogens is 2. The predicted molar refractivity (Wildman–Crippen MR) is 97.1 cm³/mol. The van der Waals surface area contributed by atoms with Crippen molar-refractivity contribution in [2.75, 3.05) is 0 Å². The minimum atomic E-state index is -1.08. The Hall–Kier alpha value is -2.15. The smallest absolute Gasteiger partial charge is 0.346 e. The average Bonchev–Trinajstić information content (AvgIpc) is 2.87. The Kier molecular flexibility index (Phi) is 4.45. The van der Waals surface area contributed by atoms with Crippen molar-refractivity contribution in [1.82, 2.24) is 9.97 Å². The van der Waals surface area contributed by atoms with Crippen molar-refractivity contribution in [1.29, 1.82) is 0 Å². The van der Waals surface area contributed by atoms with Crippen molar-refractivity contribution >= 4 is 61.8 Å². The van der Waals surface area contributed by atoms with Crippen LogP contribution in [0.25, 0.3) is 21.3 Å². The summed E-state index contributed by atoms with van der Waals surface area (Å²) in [5.41, 5.74) is 0.778. The fourth-order valence-corrected chi connectivity index (χ4v) is 3.60. The third-order valence-corrected chi connectivity index (χ3v) is 5.10. The summed E-state index contributed by atoms with van der Waals surface area (Å²) in [5, 5.41) is 10.3. The van der Waals surface area contributed by atoms with Crippen LogP contribution in [0, 0.1) is 6.92 Å². The molecule has 0 atom stereocenters. The molecule has 0 spiro atoms. The molecule has 8 heteroatoms. The number of thiophene rings is 1. The van der Waals surface area contributed by atoms with Gasteiger partial charge in [0.25, 0.3) is 5.56 Å². The molecule has 0 amide bonds. The topological polar surface area (TPSA) is 83.0 Å². The number of benzene rings is 1. The zero-order valence-electron chi connectivity index (χ0n) is 12.3. The van der Waals surface area contributed by atoms with Crippen LogP contribution < -0.4 is 5.56 Å². The van der Waals surface area contributed by atoms with E-state index in [4.69, 9.17) is 23.2 Å². The Labute approximate surface area is 150 Å². The molecule has 0 aliphatic carbocycles. The summed E-state index contributed by atoms with van der Waals surface area (Å²) in [4.78, 5) is 30.8. The Morgan fingerprint density at radius 3 is 2.62 bits per heavy atom. The molecule has 0 aliphatic rings. The summed E-state index contributed by atoms with van der Waals surface area (Å²) in [6, 6.07) is 7.00. The van der Waals surface area contributed by atoms with Gasteiger partial charge in [0.05, 0.1) is 10.4 Å². The fourth-order valence-electron chi connectivity index (χ4n) is 2.23. The number of aromatic carboxylic acids is 1. The third kappa shape index (κ3) is 3.08. The maximum atomic E-state index is 12.3. The second-order valence-electron chi connectivity index (χ2n) is 5.00. The van der Waals surface area contributed by atoms with E-state index >= 15 is 0 Å². The van der Waals surface area contributed by atoms with E-state index in [1.807, 2.05) is 0 Å². The van der Waals surface area contributed by atoms with E-state index in [1.54, 1.807) is 37.3 Å². The molecule has 24 heavy (non-hydrogen) atoms. The highest BCUT2D eigenvalue weighted by Crippen LogP contribution is 2.28. The number of H-pyrrole nitrogens is 1. The van der Waals surface area contributed by atoms with Crippen LogP contribution in [0.2, 0.25) is 5.02 Å². The van der Waals surface area contributed by atoms with Gasteiger partial charge in [-0.3, -0.25) is 4.79 Å². The molecule has 122 valence electrons. The van der Waals surface area contributed by atoms with Crippen molar-refractivity contribution in [3.8, 4) is 0 Å². The van der Waals surface area contributed by atoms with Gasteiger partial charge in [0.15, 0.2) is 5.82 Å². The summed E-state index contributed by atoms with van der Waals surface area (Å²) in [6.07, 6.45) is 1.64. The highest BCUT2D eigenvalue weighted by molar-refractivity contribution is 7.20.